The Labute approximate surface area is 142 Å². The first-order valence-electron chi connectivity index (χ1n) is 8.03. The Kier molecular flexibility index (Phi) is 5.74. The van der Waals surface area contributed by atoms with E-state index in [2.05, 4.69) is 5.32 Å². The number of nitrogens with one attached hydrogen (secondary N) is 1. The van der Waals surface area contributed by atoms with Crippen molar-refractivity contribution in [3.05, 3.63) is 64.7 Å². The predicted molar refractivity (Wildman–Crippen MR) is 95.2 cm³/mol. The Morgan fingerprint density at radius 2 is 1.75 bits per heavy atom. The number of carbonyl (C=O) groups excluding carboxylic acids is 1. The van der Waals surface area contributed by atoms with Crippen molar-refractivity contribution in [1.82, 2.24) is 0 Å². The lowest BCUT2D eigenvalue weighted by Gasteiger charge is -2.10. The molecule has 0 bridgehead atoms. The van der Waals surface area contributed by atoms with Crippen LogP contribution in [0.25, 0.3) is 0 Å². The molecular weight excluding hydrogens is 302 g/mol. The van der Waals surface area contributed by atoms with Gasteiger partial charge in [0.05, 0.1) is 12.3 Å². The molecule has 0 fully saturated rings. The van der Waals surface area contributed by atoms with Crippen molar-refractivity contribution in [2.45, 2.75) is 33.6 Å². The summed E-state index contributed by atoms with van der Waals surface area (Å²) in [7, 11) is 0. The molecule has 24 heavy (non-hydrogen) atoms. The quantitative estimate of drug-likeness (QED) is 0.850. The number of aryl methyl sites for hydroxylation is 2. The smallest absolute Gasteiger partial charge is 0.306 e. The van der Waals surface area contributed by atoms with Gasteiger partial charge in [0.25, 0.3) is 0 Å². The number of amides is 1. The highest BCUT2D eigenvalue weighted by Crippen LogP contribution is 2.15. The molecule has 126 valence electrons. The molecule has 1 unspecified atom stereocenters. The maximum Gasteiger partial charge on any atom is 0.306 e. The fourth-order valence-corrected chi connectivity index (χ4v) is 2.53. The molecule has 0 saturated carbocycles. The zero-order valence-corrected chi connectivity index (χ0v) is 14.3. The third-order valence-corrected chi connectivity index (χ3v) is 4.06. The summed E-state index contributed by atoms with van der Waals surface area (Å²) in [4.78, 5) is 23.1. The first-order chi connectivity index (χ1) is 11.3. The van der Waals surface area contributed by atoms with Gasteiger partial charge in [-0.1, -0.05) is 42.8 Å². The number of hydrogen-bond acceptors (Lipinski definition) is 2. The van der Waals surface area contributed by atoms with Crippen LogP contribution >= 0.6 is 0 Å². The van der Waals surface area contributed by atoms with Crippen LogP contribution in [0, 0.1) is 19.8 Å². The molecule has 0 saturated heterocycles. The summed E-state index contributed by atoms with van der Waals surface area (Å²) in [5.41, 5.74) is 4.93. The number of carboxylic acid groups (broad SMARTS) is 1. The van der Waals surface area contributed by atoms with E-state index in [0.717, 1.165) is 27.9 Å². The van der Waals surface area contributed by atoms with Gasteiger partial charge in [-0.05, 0) is 49.1 Å². The van der Waals surface area contributed by atoms with E-state index in [0.29, 0.717) is 12.8 Å². The summed E-state index contributed by atoms with van der Waals surface area (Å²) in [6, 6.07) is 13.4. The van der Waals surface area contributed by atoms with Gasteiger partial charge < -0.3 is 10.4 Å². The van der Waals surface area contributed by atoms with Gasteiger partial charge in [-0.2, -0.15) is 0 Å². The number of anilines is 1. The van der Waals surface area contributed by atoms with E-state index in [9.17, 15) is 9.59 Å². The van der Waals surface area contributed by atoms with Crippen LogP contribution in [0.2, 0.25) is 0 Å². The van der Waals surface area contributed by atoms with Crippen LogP contribution in [0.3, 0.4) is 0 Å². The average Bonchev–Trinajstić information content (AvgIpc) is 2.52. The van der Waals surface area contributed by atoms with Gasteiger partial charge >= 0.3 is 5.97 Å². The van der Waals surface area contributed by atoms with Crippen LogP contribution in [-0.2, 0) is 22.4 Å². The van der Waals surface area contributed by atoms with Gasteiger partial charge in [0.2, 0.25) is 5.91 Å². The van der Waals surface area contributed by atoms with Gasteiger partial charge in [-0.25, -0.2) is 0 Å². The van der Waals surface area contributed by atoms with E-state index >= 15 is 0 Å². The third kappa shape index (κ3) is 4.95. The molecule has 4 heteroatoms. The van der Waals surface area contributed by atoms with Crippen molar-refractivity contribution in [2.24, 2.45) is 5.92 Å². The SMILES string of the molecule is Cc1ccc(C)c(CC(=O)Nc2ccc(CC(C)C(=O)O)cc2)c1. The minimum Gasteiger partial charge on any atom is -0.481 e. The molecular formula is C20H23NO3. The molecule has 1 atom stereocenters. The number of carboxylic acids is 1. The van der Waals surface area contributed by atoms with Gasteiger partial charge in [0, 0.05) is 5.69 Å². The summed E-state index contributed by atoms with van der Waals surface area (Å²) in [5.74, 6) is -1.29. The Bertz CT molecular complexity index is 735. The second kappa shape index (κ2) is 7.77. The average molecular weight is 325 g/mol. The van der Waals surface area contributed by atoms with E-state index in [1.54, 1.807) is 6.92 Å². The molecule has 4 nitrogen and oxygen atoms in total. The Hall–Kier alpha value is -2.62. The van der Waals surface area contributed by atoms with Crippen molar-refractivity contribution in [1.29, 1.82) is 0 Å². The minimum atomic E-state index is -0.805. The molecule has 2 N–H and O–H groups in total. The number of rotatable bonds is 6. The van der Waals surface area contributed by atoms with E-state index in [-0.39, 0.29) is 5.91 Å². The fourth-order valence-electron chi connectivity index (χ4n) is 2.53. The summed E-state index contributed by atoms with van der Waals surface area (Å²) in [5, 5.41) is 11.8. The van der Waals surface area contributed by atoms with Crippen LogP contribution in [0.5, 0.6) is 0 Å². The second-order valence-corrected chi connectivity index (χ2v) is 6.30. The van der Waals surface area contributed by atoms with Crippen LogP contribution < -0.4 is 5.32 Å². The maximum absolute atomic E-state index is 12.2. The van der Waals surface area contributed by atoms with Crippen molar-refractivity contribution in [2.75, 3.05) is 5.32 Å². The first kappa shape index (κ1) is 17.7. The maximum atomic E-state index is 12.2. The lowest BCUT2D eigenvalue weighted by Crippen LogP contribution is -2.15. The largest absolute Gasteiger partial charge is 0.481 e. The molecule has 0 spiro atoms. The van der Waals surface area contributed by atoms with Crippen LogP contribution in [0.4, 0.5) is 5.69 Å². The molecule has 0 aliphatic heterocycles. The standard InChI is InChI=1S/C20H23NO3/c1-13-4-5-14(2)17(10-13)12-19(22)21-18-8-6-16(7-9-18)11-15(3)20(23)24/h4-10,15H,11-12H2,1-3H3,(H,21,22)(H,23,24). The third-order valence-electron chi connectivity index (χ3n) is 4.06. The molecule has 0 aliphatic carbocycles. The van der Waals surface area contributed by atoms with Crippen LogP contribution in [0.15, 0.2) is 42.5 Å². The predicted octanol–water partition coefficient (Wildman–Crippen LogP) is 3.75. The van der Waals surface area contributed by atoms with Gasteiger partial charge in [0.1, 0.15) is 0 Å². The highest BCUT2D eigenvalue weighted by Gasteiger charge is 2.12. The fraction of sp³-hybridized carbons (Fsp3) is 0.300. The molecule has 2 aromatic rings. The monoisotopic (exact) mass is 325 g/mol. The Morgan fingerprint density at radius 1 is 1.08 bits per heavy atom. The molecule has 0 radical (unpaired) electrons. The van der Waals surface area contributed by atoms with Crippen molar-refractivity contribution >= 4 is 17.6 Å². The summed E-state index contributed by atoms with van der Waals surface area (Å²) in [6.45, 7) is 5.69. The van der Waals surface area contributed by atoms with E-state index in [1.807, 2.05) is 56.3 Å². The van der Waals surface area contributed by atoms with Crippen molar-refractivity contribution < 1.29 is 14.7 Å². The summed E-state index contributed by atoms with van der Waals surface area (Å²) < 4.78 is 0. The molecule has 0 aliphatic rings. The van der Waals surface area contributed by atoms with Gasteiger partial charge in [-0.15, -0.1) is 0 Å². The Balaban J connectivity index is 1.97. The molecule has 1 amide bonds. The zero-order chi connectivity index (χ0) is 17.7. The van der Waals surface area contributed by atoms with Crippen LogP contribution in [-0.4, -0.2) is 17.0 Å². The van der Waals surface area contributed by atoms with E-state index in [4.69, 9.17) is 5.11 Å². The van der Waals surface area contributed by atoms with Gasteiger partial charge in [0.15, 0.2) is 0 Å². The first-order valence-corrected chi connectivity index (χ1v) is 8.03. The minimum absolute atomic E-state index is 0.0599. The topological polar surface area (TPSA) is 66.4 Å². The lowest BCUT2D eigenvalue weighted by atomic mass is 10.0. The highest BCUT2D eigenvalue weighted by atomic mass is 16.4. The number of aliphatic carboxylic acids is 1. The van der Waals surface area contributed by atoms with Crippen LogP contribution in [0.1, 0.15) is 29.2 Å². The molecule has 0 heterocycles. The highest BCUT2D eigenvalue weighted by molar-refractivity contribution is 5.92. The molecule has 2 aromatic carbocycles. The van der Waals surface area contributed by atoms with E-state index in [1.165, 1.54) is 0 Å². The van der Waals surface area contributed by atoms with E-state index < -0.39 is 11.9 Å². The molecule has 0 aromatic heterocycles. The lowest BCUT2D eigenvalue weighted by molar-refractivity contribution is -0.141. The van der Waals surface area contributed by atoms with Crippen molar-refractivity contribution in [3.63, 3.8) is 0 Å². The summed E-state index contributed by atoms with van der Waals surface area (Å²) in [6.07, 6.45) is 0.817. The summed E-state index contributed by atoms with van der Waals surface area (Å²) >= 11 is 0. The number of carbonyl (C=O) groups is 2. The van der Waals surface area contributed by atoms with Gasteiger partial charge in [-0.3, -0.25) is 9.59 Å². The number of hydrogen-bond donors (Lipinski definition) is 2. The second-order valence-electron chi connectivity index (χ2n) is 6.30. The molecule has 2 rings (SSSR count). The van der Waals surface area contributed by atoms with Crippen molar-refractivity contribution in [3.8, 4) is 0 Å². The Morgan fingerprint density at radius 3 is 2.38 bits per heavy atom. The normalized spacial score (nSPS) is 11.8. The zero-order valence-electron chi connectivity index (χ0n) is 14.3. The number of benzene rings is 2.